The second-order valence-corrected chi connectivity index (χ2v) is 7.50. The van der Waals surface area contributed by atoms with Gasteiger partial charge >= 0.3 is 0 Å². The number of nitrogens with zero attached hydrogens (tertiary/aromatic N) is 2. The quantitative estimate of drug-likeness (QED) is 0.924. The molecular formula is C17H15FN2O3S. The zero-order valence-electron chi connectivity index (χ0n) is 12.6. The van der Waals surface area contributed by atoms with Crippen LogP contribution in [0, 0.1) is 17.1 Å². The van der Waals surface area contributed by atoms with Gasteiger partial charge in [-0.25, -0.2) is 12.8 Å². The van der Waals surface area contributed by atoms with Gasteiger partial charge in [0.2, 0.25) is 10.0 Å². The molecule has 1 aliphatic rings. The van der Waals surface area contributed by atoms with E-state index in [1.807, 2.05) is 6.07 Å². The Morgan fingerprint density at radius 2 is 1.83 bits per heavy atom. The molecule has 0 spiro atoms. The topological polar surface area (TPSA) is 81.4 Å². The van der Waals surface area contributed by atoms with Crippen LogP contribution in [0.3, 0.4) is 0 Å². The van der Waals surface area contributed by atoms with Gasteiger partial charge in [0.15, 0.2) is 0 Å². The minimum absolute atomic E-state index is 0.0525. The van der Waals surface area contributed by atoms with E-state index >= 15 is 0 Å². The molecule has 1 heterocycles. The van der Waals surface area contributed by atoms with Gasteiger partial charge < -0.3 is 5.11 Å². The summed E-state index contributed by atoms with van der Waals surface area (Å²) < 4.78 is 40.3. The third-order valence-corrected chi connectivity index (χ3v) is 6.02. The van der Waals surface area contributed by atoms with E-state index < -0.39 is 28.0 Å². The maximum absolute atomic E-state index is 13.1. The lowest BCUT2D eigenvalue weighted by molar-refractivity contribution is 0.188. The van der Waals surface area contributed by atoms with Crippen molar-refractivity contribution in [1.82, 2.24) is 4.31 Å². The fourth-order valence-electron chi connectivity index (χ4n) is 2.95. The summed E-state index contributed by atoms with van der Waals surface area (Å²) in [6.45, 7) is -0.0653. The molecule has 124 valence electrons. The summed E-state index contributed by atoms with van der Waals surface area (Å²) >= 11 is 0. The van der Waals surface area contributed by atoms with Gasteiger partial charge in [0, 0.05) is 6.54 Å². The van der Waals surface area contributed by atoms with E-state index in [0.29, 0.717) is 5.56 Å². The molecule has 1 saturated heterocycles. The van der Waals surface area contributed by atoms with Crippen LogP contribution in [0.1, 0.15) is 23.6 Å². The fourth-order valence-corrected chi connectivity index (χ4v) is 4.75. The molecule has 7 heteroatoms. The highest BCUT2D eigenvalue weighted by Gasteiger charge is 2.41. The van der Waals surface area contributed by atoms with E-state index in [-0.39, 0.29) is 23.4 Å². The lowest BCUT2D eigenvalue weighted by Gasteiger charge is -2.24. The van der Waals surface area contributed by atoms with E-state index in [2.05, 4.69) is 0 Å². The number of nitriles is 1. The van der Waals surface area contributed by atoms with Crippen LogP contribution in [0.15, 0.2) is 53.4 Å². The predicted octanol–water partition coefficient (Wildman–Crippen LogP) is 2.19. The number of hydrogen-bond donors (Lipinski definition) is 1. The van der Waals surface area contributed by atoms with Crippen LogP contribution >= 0.6 is 0 Å². The van der Waals surface area contributed by atoms with E-state index in [1.54, 1.807) is 12.1 Å². The lowest BCUT2D eigenvalue weighted by atomic mass is 10.0. The molecule has 2 aromatic rings. The Labute approximate surface area is 139 Å². The number of aliphatic hydroxyl groups excluding tert-OH is 1. The average Bonchev–Trinajstić information content (AvgIpc) is 2.98. The molecule has 0 unspecified atom stereocenters. The number of aliphatic hydroxyl groups is 1. The highest BCUT2D eigenvalue weighted by Crippen LogP contribution is 2.37. The van der Waals surface area contributed by atoms with Crippen molar-refractivity contribution >= 4 is 10.0 Å². The van der Waals surface area contributed by atoms with Crippen LogP contribution in [0.5, 0.6) is 0 Å². The van der Waals surface area contributed by atoms with Crippen molar-refractivity contribution in [2.45, 2.75) is 23.5 Å². The maximum Gasteiger partial charge on any atom is 0.245 e. The van der Waals surface area contributed by atoms with Crippen molar-refractivity contribution in [3.05, 3.63) is 65.5 Å². The van der Waals surface area contributed by atoms with Crippen molar-refractivity contribution in [3.8, 4) is 6.07 Å². The maximum atomic E-state index is 13.1. The molecule has 1 fully saturated rings. The van der Waals surface area contributed by atoms with Crippen molar-refractivity contribution in [3.63, 3.8) is 0 Å². The number of hydrogen-bond acceptors (Lipinski definition) is 4. The van der Waals surface area contributed by atoms with Gasteiger partial charge in [0.1, 0.15) is 11.9 Å². The summed E-state index contributed by atoms with van der Waals surface area (Å²) in [5, 5.41) is 19.1. The van der Waals surface area contributed by atoms with Gasteiger partial charge in [0.05, 0.1) is 22.6 Å². The zero-order chi connectivity index (χ0) is 17.3. The number of halogens is 1. The molecule has 0 aromatic heterocycles. The number of rotatable bonds is 3. The third kappa shape index (κ3) is 2.91. The third-order valence-electron chi connectivity index (χ3n) is 4.08. The first-order valence-electron chi connectivity index (χ1n) is 7.38. The molecule has 1 N–H and O–H groups in total. The van der Waals surface area contributed by atoms with Crippen LogP contribution in [0.2, 0.25) is 0 Å². The molecule has 3 rings (SSSR count). The molecular weight excluding hydrogens is 331 g/mol. The number of β-amino-alcohol motifs (C(OH)–C–C–N with tert-alkyl or cyclic N) is 1. The summed E-state index contributed by atoms with van der Waals surface area (Å²) in [5.41, 5.74) is 0.655. The fraction of sp³-hybridized carbons (Fsp3) is 0.235. The van der Waals surface area contributed by atoms with Gasteiger partial charge in [0.25, 0.3) is 0 Å². The summed E-state index contributed by atoms with van der Waals surface area (Å²) in [5.74, 6) is -0.415. The van der Waals surface area contributed by atoms with Crippen LogP contribution < -0.4 is 0 Å². The summed E-state index contributed by atoms with van der Waals surface area (Å²) in [6, 6.07) is 12.8. The Bertz CT molecular complexity index is 891. The van der Waals surface area contributed by atoms with Crippen molar-refractivity contribution in [1.29, 1.82) is 5.26 Å². The number of benzene rings is 2. The Balaban J connectivity index is 2.05. The minimum atomic E-state index is -3.96. The van der Waals surface area contributed by atoms with E-state index in [1.165, 1.54) is 40.7 Å². The first-order valence-corrected chi connectivity index (χ1v) is 8.82. The molecule has 2 atom stereocenters. The largest absolute Gasteiger partial charge is 0.392 e. The summed E-state index contributed by atoms with van der Waals surface area (Å²) in [7, 11) is -3.96. The number of sulfonamides is 1. The Kier molecular flexibility index (Phi) is 4.37. The standard InChI is InChI=1S/C17H15FN2O3S/c18-14-7-5-12(6-8-14)16-9-15(21)11-20(16)24(22,23)17-4-2-1-3-13(17)10-19/h1-8,15-16,21H,9,11H2/t15-,16+/m0/s1. The highest BCUT2D eigenvalue weighted by atomic mass is 32.2. The smallest absolute Gasteiger partial charge is 0.245 e. The Morgan fingerprint density at radius 3 is 2.50 bits per heavy atom. The van der Waals surface area contributed by atoms with Crippen molar-refractivity contribution < 1.29 is 17.9 Å². The normalized spacial score (nSPS) is 21.5. The minimum Gasteiger partial charge on any atom is -0.392 e. The first-order chi connectivity index (χ1) is 11.4. The summed E-state index contributed by atoms with van der Waals surface area (Å²) in [6.07, 6.45) is -0.594. The first kappa shape index (κ1) is 16.6. The highest BCUT2D eigenvalue weighted by molar-refractivity contribution is 7.89. The SMILES string of the molecule is N#Cc1ccccc1S(=O)(=O)N1C[C@@H](O)C[C@@H]1c1ccc(F)cc1. The van der Waals surface area contributed by atoms with E-state index in [4.69, 9.17) is 5.26 Å². The van der Waals surface area contributed by atoms with E-state index in [9.17, 15) is 17.9 Å². The zero-order valence-corrected chi connectivity index (χ0v) is 13.4. The molecule has 0 bridgehead atoms. The molecule has 5 nitrogen and oxygen atoms in total. The molecule has 0 aliphatic carbocycles. The summed E-state index contributed by atoms with van der Waals surface area (Å²) in [4.78, 5) is -0.0892. The van der Waals surface area contributed by atoms with Gasteiger partial charge in [-0.1, -0.05) is 24.3 Å². The molecule has 2 aromatic carbocycles. The predicted molar refractivity (Wildman–Crippen MR) is 84.8 cm³/mol. The van der Waals surface area contributed by atoms with Crippen LogP contribution in [0.25, 0.3) is 0 Å². The average molecular weight is 346 g/mol. The van der Waals surface area contributed by atoms with Crippen molar-refractivity contribution in [2.24, 2.45) is 0 Å². The van der Waals surface area contributed by atoms with Crippen molar-refractivity contribution in [2.75, 3.05) is 6.54 Å². The molecule has 0 radical (unpaired) electrons. The van der Waals surface area contributed by atoms with Gasteiger partial charge in [-0.05, 0) is 36.2 Å². The van der Waals surface area contributed by atoms with Gasteiger partial charge in [-0.2, -0.15) is 9.57 Å². The second-order valence-electron chi connectivity index (χ2n) is 5.64. The van der Waals surface area contributed by atoms with Crippen LogP contribution in [-0.2, 0) is 10.0 Å². The molecule has 24 heavy (non-hydrogen) atoms. The lowest BCUT2D eigenvalue weighted by Crippen LogP contribution is -2.32. The van der Waals surface area contributed by atoms with Gasteiger partial charge in [-0.15, -0.1) is 0 Å². The molecule has 0 amide bonds. The monoisotopic (exact) mass is 346 g/mol. The van der Waals surface area contributed by atoms with Crippen LogP contribution in [0.4, 0.5) is 4.39 Å². The second kappa shape index (κ2) is 6.32. The van der Waals surface area contributed by atoms with Crippen LogP contribution in [-0.4, -0.2) is 30.5 Å². The van der Waals surface area contributed by atoms with Gasteiger partial charge in [-0.3, -0.25) is 0 Å². The van der Waals surface area contributed by atoms with E-state index in [0.717, 1.165) is 0 Å². The molecule has 0 saturated carbocycles. The Morgan fingerprint density at radius 1 is 1.17 bits per heavy atom. The Hall–Kier alpha value is -2.27. The molecule has 1 aliphatic heterocycles.